The van der Waals surface area contributed by atoms with Gasteiger partial charge in [-0.25, -0.2) is 0 Å². The summed E-state index contributed by atoms with van der Waals surface area (Å²) < 4.78 is 25.4. The Bertz CT molecular complexity index is 2750. The van der Waals surface area contributed by atoms with E-state index in [9.17, 15) is 47.9 Å². The van der Waals surface area contributed by atoms with E-state index >= 15 is 0 Å². The van der Waals surface area contributed by atoms with Gasteiger partial charge in [0.05, 0.1) is 62.1 Å². The zero-order chi connectivity index (χ0) is 66.8. The summed E-state index contributed by atoms with van der Waals surface area (Å²) in [6, 6.07) is 28.2. The number of rotatable bonds is 26. The molecule has 5 heterocycles. The molecule has 5 amide bonds. The van der Waals surface area contributed by atoms with Crippen LogP contribution in [0, 0.1) is 35.5 Å². The van der Waals surface area contributed by atoms with Gasteiger partial charge in [-0.3, -0.25) is 47.9 Å². The lowest BCUT2D eigenvalue weighted by atomic mass is 10.1. The van der Waals surface area contributed by atoms with Gasteiger partial charge in [0.25, 0.3) is 0 Å². The van der Waals surface area contributed by atoms with Crippen LogP contribution in [0.5, 0.6) is 0 Å². The van der Waals surface area contributed by atoms with Crippen molar-refractivity contribution in [2.75, 3.05) is 80.8 Å². The van der Waals surface area contributed by atoms with Crippen LogP contribution in [0.4, 0.5) is 17.1 Å². The Kier molecular flexibility index (Phi) is 34.1. The number of likely N-dealkylation sites (tertiary alicyclic amines) is 2. The molecule has 6 unspecified atom stereocenters. The summed E-state index contributed by atoms with van der Waals surface area (Å²) >= 11 is 0. The molecule has 3 aromatic rings. The van der Waals surface area contributed by atoms with Crippen LogP contribution in [0.3, 0.4) is 0 Å². The zero-order valence-electron chi connectivity index (χ0n) is 55.8. The first-order valence-electron chi connectivity index (χ1n) is 33.1. The molecule has 3 aromatic carbocycles. The second-order valence-electron chi connectivity index (χ2n) is 24.5. The average molecular weight is 1270 g/mol. The fourth-order valence-corrected chi connectivity index (χ4v) is 11.1. The number of esters is 5. The molecule has 0 aromatic heterocycles. The van der Waals surface area contributed by atoms with E-state index in [1.54, 1.807) is 26.5 Å². The molecule has 5 fully saturated rings. The van der Waals surface area contributed by atoms with Crippen molar-refractivity contribution in [3.05, 3.63) is 91.0 Å². The van der Waals surface area contributed by atoms with Crippen LogP contribution in [-0.4, -0.2) is 148 Å². The molecule has 0 saturated carbocycles. The van der Waals surface area contributed by atoms with Crippen LogP contribution in [0.25, 0.3) is 0 Å². The molecule has 20 heteroatoms. The third-order valence-electron chi connectivity index (χ3n) is 15.9. The molecular weight excluding hydrogens is 1160 g/mol. The lowest BCUT2D eigenvalue weighted by Crippen LogP contribution is -2.28. The molecule has 6 atom stereocenters. The van der Waals surface area contributed by atoms with Crippen molar-refractivity contribution >= 4 is 76.4 Å². The third-order valence-corrected chi connectivity index (χ3v) is 15.9. The highest BCUT2D eigenvalue weighted by Crippen LogP contribution is 2.29. The maximum absolute atomic E-state index is 12.0. The third kappa shape index (κ3) is 26.2. The van der Waals surface area contributed by atoms with Gasteiger partial charge in [-0.2, -0.15) is 0 Å². The normalized spacial score (nSPS) is 19.6. The number of anilines is 3. The first kappa shape index (κ1) is 75.8. The predicted octanol–water partition coefficient (Wildman–Crippen LogP) is 11.0. The summed E-state index contributed by atoms with van der Waals surface area (Å²) in [5.41, 5.74) is 2.51. The van der Waals surface area contributed by atoms with Gasteiger partial charge in [0.1, 0.15) is 0 Å². The summed E-state index contributed by atoms with van der Waals surface area (Å²) in [7, 11) is 1.35. The monoisotopic (exact) mass is 1270 g/mol. The van der Waals surface area contributed by atoms with Crippen molar-refractivity contribution in [1.29, 1.82) is 0 Å². The van der Waals surface area contributed by atoms with Crippen LogP contribution < -0.4 is 14.7 Å². The molecule has 0 spiro atoms. The Balaban J connectivity index is 0.000000243. The minimum Gasteiger partial charge on any atom is -0.469 e. The van der Waals surface area contributed by atoms with Crippen LogP contribution in [0.1, 0.15) is 165 Å². The number of benzene rings is 3. The summed E-state index contributed by atoms with van der Waals surface area (Å²) in [6.45, 7) is 22.6. The summed E-state index contributed by atoms with van der Waals surface area (Å²) in [6.07, 6.45) is 13.3. The molecule has 5 saturated heterocycles. The number of unbranched alkanes of at least 4 members (excludes halogenated alkanes) is 7. The predicted molar refractivity (Wildman–Crippen MR) is 349 cm³/mol. The standard InChI is InChI=1S/C16H29NO3.C15H19NO3.C15H27NO3.C13H15NO3.C12H13NO3/c1-4-5-6-7-8-9-10-17-12-14(11-15(17)18)16(19)20-13(2)3;1-2-3-9-19-15(18)12-10-14(17)16(11-12)13-7-5-4-6-8-13;1-5-6-7-16-10-13(9-14(16)17)15(18)19-12(4)8-11(2)3;1-2-17-13(16)10-8-12(15)14(9-10)11-6-4-3-5-7-11;1-16-12(15)9-7-11(14)13(8-9)10-5-3-2-4-6-10/h13-14H,4-12H2,1-3H3;4-8,12H,2-3,9-11H2,1H3;11-13H,5-10H2,1-4H3;3-7,10H,2,8-9H2,1H3;2-6,9H,7-8H2,1H3. The van der Waals surface area contributed by atoms with Gasteiger partial charge in [0, 0.05) is 95.0 Å². The van der Waals surface area contributed by atoms with Crippen molar-refractivity contribution < 1.29 is 71.6 Å². The smallest absolute Gasteiger partial charge is 0.311 e. The fraction of sp³-hybridized carbons (Fsp3) is 0.606. The number of hydrogen-bond acceptors (Lipinski definition) is 15. The van der Waals surface area contributed by atoms with Gasteiger partial charge < -0.3 is 48.2 Å². The molecule has 20 nitrogen and oxygen atoms in total. The van der Waals surface area contributed by atoms with Gasteiger partial charge in [-0.1, -0.05) is 134 Å². The highest BCUT2D eigenvalue weighted by molar-refractivity contribution is 6.01. The number of hydrogen-bond donors (Lipinski definition) is 0. The molecule has 0 radical (unpaired) electrons. The molecule has 0 aliphatic carbocycles. The van der Waals surface area contributed by atoms with E-state index in [4.69, 9.17) is 18.9 Å². The number of carbonyl (C=O) groups is 10. The van der Waals surface area contributed by atoms with Crippen LogP contribution in [-0.2, 0) is 71.6 Å². The van der Waals surface area contributed by atoms with Gasteiger partial charge in [-0.15, -0.1) is 0 Å². The van der Waals surface area contributed by atoms with Gasteiger partial charge in [0.2, 0.25) is 29.5 Å². The Hall–Kier alpha value is -7.64. The summed E-state index contributed by atoms with van der Waals surface area (Å²) in [5, 5.41) is 0. The summed E-state index contributed by atoms with van der Waals surface area (Å²) in [4.78, 5) is 126. The van der Waals surface area contributed by atoms with Gasteiger partial charge in [-0.05, 0) is 95.7 Å². The highest BCUT2D eigenvalue weighted by atomic mass is 16.6. The molecule has 502 valence electrons. The molecule has 5 aliphatic rings. The number of para-hydroxylation sites is 3. The number of ether oxygens (including phenoxy) is 5. The number of amides is 5. The largest absolute Gasteiger partial charge is 0.469 e. The average Bonchev–Trinajstić information content (AvgIpc) is 2.10. The number of methoxy groups -OCH3 is 1. The molecule has 0 bridgehead atoms. The van der Waals surface area contributed by atoms with E-state index in [0.29, 0.717) is 64.7 Å². The van der Waals surface area contributed by atoms with Gasteiger partial charge in [0.15, 0.2) is 0 Å². The van der Waals surface area contributed by atoms with Crippen LogP contribution in [0.2, 0.25) is 0 Å². The number of carbonyl (C=O) groups excluding carboxylic acids is 10. The number of nitrogens with zero attached hydrogens (tertiary/aromatic N) is 5. The Morgan fingerprint density at radius 3 is 1.18 bits per heavy atom. The Morgan fingerprint density at radius 2 is 0.780 bits per heavy atom. The second-order valence-corrected chi connectivity index (χ2v) is 24.5. The van der Waals surface area contributed by atoms with E-state index in [-0.39, 0.29) is 120 Å². The lowest BCUT2D eigenvalue weighted by Gasteiger charge is -2.18. The first-order valence-corrected chi connectivity index (χ1v) is 33.1. The SMILES string of the molecule is CCCCCCCCN1CC(C(=O)OC(C)C)CC1=O.CCCCN1CC(C(=O)OC(C)CC(C)C)CC1=O.CCCCOC(=O)C1CC(=O)N(c2ccccc2)C1.CCOC(=O)C1CC(=O)N(c2ccccc2)C1.COC(=O)C1CC(=O)N(c2ccccc2)C1. The second kappa shape index (κ2) is 41.0. The van der Waals surface area contributed by atoms with Crippen molar-refractivity contribution in [1.82, 2.24) is 9.80 Å². The molecule has 5 aliphatic heterocycles. The first-order chi connectivity index (χ1) is 43.6. The van der Waals surface area contributed by atoms with E-state index < -0.39 is 0 Å². The fourth-order valence-electron chi connectivity index (χ4n) is 11.1. The van der Waals surface area contributed by atoms with E-state index in [1.165, 1.54) is 39.2 Å². The highest BCUT2D eigenvalue weighted by Gasteiger charge is 2.40. The van der Waals surface area contributed by atoms with Crippen molar-refractivity contribution in [3.63, 3.8) is 0 Å². The maximum Gasteiger partial charge on any atom is 0.311 e. The zero-order valence-corrected chi connectivity index (χ0v) is 55.8. The topological polar surface area (TPSA) is 233 Å². The molecule has 91 heavy (non-hydrogen) atoms. The van der Waals surface area contributed by atoms with Crippen molar-refractivity contribution in [2.24, 2.45) is 35.5 Å². The molecule has 8 rings (SSSR count). The Labute approximate surface area is 540 Å². The molecular formula is C71H103N5O15. The maximum atomic E-state index is 12.0. The van der Waals surface area contributed by atoms with E-state index in [1.807, 2.05) is 124 Å². The van der Waals surface area contributed by atoms with Crippen molar-refractivity contribution in [3.8, 4) is 0 Å². The summed E-state index contributed by atoms with van der Waals surface area (Å²) in [5.74, 6) is -2.15. The molecule has 0 N–H and O–H groups in total. The van der Waals surface area contributed by atoms with Gasteiger partial charge >= 0.3 is 29.8 Å². The van der Waals surface area contributed by atoms with E-state index in [0.717, 1.165) is 68.7 Å². The van der Waals surface area contributed by atoms with E-state index in [2.05, 4.69) is 32.4 Å². The minimum absolute atomic E-state index is 0.0105. The quantitative estimate of drug-likeness (QED) is 0.0413. The minimum atomic E-state index is -0.335. The van der Waals surface area contributed by atoms with Crippen LogP contribution in [0.15, 0.2) is 91.0 Å². The van der Waals surface area contributed by atoms with Crippen LogP contribution >= 0.6 is 0 Å². The lowest BCUT2D eigenvalue weighted by molar-refractivity contribution is -0.154. The Morgan fingerprint density at radius 1 is 0.418 bits per heavy atom. The van der Waals surface area contributed by atoms with Crippen molar-refractivity contribution in [2.45, 2.75) is 177 Å².